The molecule has 0 aliphatic heterocycles. The van der Waals surface area contributed by atoms with Gasteiger partial charge >= 0.3 is 0 Å². The summed E-state index contributed by atoms with van der Waals surface area (Å²) in [6, 6.07) is 12.2. The molecule has 1 aliphatic rings. The number of Topliss-reactive ketones (excluding diaryl/α,β-unsaturated/α-hetero) is 2. The molecule has 5 nitrogen and oxygen atoms in total. The third kappa shape index (κ3) is 7.38. The number of thiophene rings is 1. The molecule has 0 bridgehead atoms. The molecule has 1 aromatic heterocycles. The van der Waals surface area contributed by atoms with Crippen LogP contribution < -0.4 is 5.32 Å². The molecule has 32 heavy (non-hydrogen) atoms. The molecule has 6 heteroatoms. The maximum absolute atomic E-state index is 12.5. The zero-order valence-corrected chi connectivity index (χ0v) is 20.0. The molecule has 1 amide bonds. The lowest BCUT2D eigenvalue weighted by molar-refractivity contribution is -0.122. The van der Waals surface area contributed by atoms with E-state index in [4.69, 9.17) is 0 Å². The number of amides is 1. The van der Waals surface area contributed by atoms with Gasteiger partial charge in [-0.3, -0.25) is 19.3 Å². The van der Waals surface area contributed by atoms with Gasteiger partial charge in [-0.1, -0.05) is 37.5 Å². The second kappa shape index (κ2) is 12.1. The van der Waals surface area contributed by atoms with Gasteiger partial charge < -0.3 is 5.32 Å². The van der Waals surface area contributed by atoms with Crippen molar-refractivity contribution in [3.8, 4) is 0 Å². The first-order valence-electron chi connectivity index (χ1n) is 11.6. The van der Waals surface area contributed by atoms with Gasteiger partial charge in [0.2, 0.25) is 5.91 Å². The zero-order valence-electron chi connectivity index (χ0n) is 19.2. The Balaban J connectivity index is 1.44. The summed E-state index contributed by atoms with van der Waals surface area (Å²) in [6.07, 6.45) is 7.08. The Morgan fingerprint density at radius 2 is 1.69 bits per heavy atom. The molecule has 172 valence electrons. The van der Waals surface area contributed by atoms with E-state index in [-0.39, 0.29) is 43.2 Å². The third-order valence-corrected chi connectivity index (χ3v) is 7.23. The van der Waals surface area contributed by atoms with E-state index in [0.717, 1.165) is 22.7 Å². The molecule has 1 aliphatic carbocycles. The lowest BCUT2D eigenvalue weighted by Crippen LogP contribution is -2.33. The van der Waals surface area contributed by atoms with Gasteiger partial charge in [0.25, 0.3) is 0 Å². The van der Waals surface area contributed by atoms with E-state index in [2.05, 4.69) is 23.3 Å². The van der Waals surface area contributed by atoms with Gasteiger partial charge in [0.1, 0.15) is 5.78 Å². The molecular weight excluding hydrogens is 420 g/mol. The van der Waals surface area contributed by atoms with Gasteiger partial charge in [-0.15, -0.1) is 11.3 Å². The molecule has 0 spiro atoms. The number of hydrogen-bond donors (Lipinski definition) is 1. The highest BCUT2D eigenvalue weighted by molar-refractivity contribution is 7.14. The summed E-state index contributed by atoms with van der Waals surface area (Å²) in [5.74, 6) is -0.213. The van der Waals surface area contributed by atoms with Crippen LogP contribution in [-0.4, -0.2) is 35.5 Å². The summed E-state index contributed by atoms with van der Waals surface area (Å²) in [5.41, 5.74) is 1.91. The van der Waals surface area contributed by atoms with Crippen LogP contribution in [0, 0.1) is 6.92 Å². The summed E-state index contributed by atoms with van der Waals surface area (Å²) < 4.78 is 0. The van der Waals surface area contributed by atoms with Crippen LogP contribution in [0.3, 0.4) is 0 Å². The van der Waals surface area contributed by atoms with Crippen molar-refractivity contribution in [1.82, 2.24) is 4.90 Å². The topological polar surface area (TPSA) is 66.5 Å². The van der Waals surface area contributed by atoms with Crippen molar-refractivity contribution in [2.75, 3.05) is 12.4 Å². The minimum absolute atomic E-state index is 0.00286. The standard InChI is InChI=1S/C26H34N2O3S/c1-19-12-16-25(32-19)24(30)15-13-22(29)14-17-26(31)27-23-11-7-6-8-20(23)18-28(2)21-9-4-3-5-10-21/h6-8,11-12,16,21H,3-5,9-10,13-15,17-18H2,1-2H3,(H,27,31). The highest BCUT2D eigenvalue weighted by Crippen LogP contribution is 2.25. The fourth-order valence-electron chi connectivity index (χ4n) is 4.25. The summed E-state index contributed by atoms with van der Waals surface area (Å²) in [7, 11) is 2.16. The fraction of sp³-hybridized carbons (Fsp3) is 0.500. The molecule has 3 rings (SSSR count). The van der Waals surface area contributed by atoms with E-state index in [9.17, 15) is 14.4 Å². The van der Waals surface area contributed by atoms with Crippen molar-refractivity contribution in [1.29, 1.82) is 0 Å². The van der Waals surface area contributed by atoms with Crippen LogP contribution in [0.5, 0.6) is 0 Å². The van der Waals surface area contributed by atoms with Crippen molar-refractivity contribution in [2.45, 2.75) is 77.3 Å². The molecule has 1 aromatic carbocycles. The third-order valence-electron chi connectivity index (χ3n) is 6.19. The van der Waals surface area contributed by atoms with Crippen LogP contribution >= 0.6 is 11.3 Å². The Morgan fingerprint density at radius 1 is 0.969 bits per heavy atom. The Bertz CT molecular complexity index is 931. The first kappa shape index (κ1) is 24.3. The predicted molar refractivity (Wildman–Crippen MR) is 130 cm³/mol. The second-order valence-corrected chi connectivity index (χ2v) is 10.1. The number of benzene rings is 1. The van der Waals surface area contributed by atoms with E-state index < -0.39 is 0 Å². The molecule has 0 unspecified atom stereocenters. The number of ketones is 2. The quantitative estimate of drug-likeness (QED) is 0.438. The smallest absolute Gasteiger partial charge is 0.224 e. The van der Waals surface area contributed by atoms with Crippen LogP contribution in [-0.2, 0) is 16.1 Å². The van der Waals surface area contributed by atoms with E-state index in [1.54, 1.807) is 0 Å². The summed E-state index contributed by atoms with van der Waals surface area (Å²) in [4.78, 5) is 41.0. The first-order valence-corrected chi connectivity index (χ1v) is 12.4. The molecule has 1 fully saturated rings. The minimum Gasteiger partial charge on any atom is -0.326 e. The number of carbonyl (C=O) groups is 3. The lowest BCUT2D eigenvalue weighted by Gasteiger charge is -2.31. The predicted octanol–water partition coefficient (Wildman–Crippen LogP) is 5.77. The average Bonchev–Trinajstić information content (AvgIpc) is 3.24. The van der Waals surface area contributed by atoms with Gasteiger partial charge in [-0.25, -0.2) is 0 Å². The summed E-state index contributed by atoms with van der Waals surface area (Å²) in [5, 5.41) is 2.98. The van der Waals surface area contributed by atoms with Crippen LogP contribution in [0.2, 0.25) is 0 Å². The highest BCUT2D eigenvalue weighted by atomic mass is 32.1. The molecule has 1 N–H and O–H groups in total. The summed E-state index contributed by atoms with van der Waals surface area (Å²) in [6.45, 7) is 2.75. The van der Waals surface area contributed by atoms with Crippen molar-refractivity contribution in [2.24, 2.45) is 0 Å². The molecule has 0 radical (unpaired) electrons. The van der Waals surface area contributed by atoms with Crippen LogP contribution in [0.15, 0.2) is 36.4 Å². The molecule has 0 saturated heterocycles. The molecular formula is C26H34N2O3S. The van der Waals surface area contributed by atoms with E-state index in [1.165, 1.54) is 43.4 Å². The molecule has 1 heterocycles. The van der Waals surface area contributed by atoms with Gasteiger partial charge in [0, 0.05) is 48.8 Å². The Hall–Kier alpha value is -2.31. The maximum Gasteiger partial charge on any atom is 0.224 e. The highest BCUT2D eigenvalue weighted by Gasteiger charge is 2.19. The number of hydrogen-bond acceptors (Lipinski definition) is 5. The van der Waals surface area contributed by atoms with Gasteiger partial charge in [-0.2, -0.15) is 0 Å². The number of anilines is 1. The average molecular weight is 455 g/mol. The van der Waals surface area contributed by atoms with Crippen LogP contribution in [0.4, 0.5) is 5.69 Å². The minimum atomic E-state index is -0.161. The number of para-hydroxylation sites is 1. The van der Waals surface area contributed by atoms with Gasteiger partial charge in [0.15, 0.2) is 5.78 Å². The number of aryl methyl sites for hydroxylation is 1. The maximum atomic E-state index is 12.5. The van der Waals surface area contributed by atoms with Gasteiger partial charge in [-0.05, 0) is 50.6 Å². The fourth-order valence-corrected chi connectivity index (χ4v) is 5.09. The monoisotopic (exact) mass is 454 g/mol. The van der Waals surface area contributed by atoms with Crippen LogP contribution in [0.1, 0.15) is 77.9 Å². The lowest BCUT2D eigenvalue weighted by atomic mass is 9.94. The molecule has 1 saturated carbocycles. The van der Waals surface area contributed by atoms with Crippen molar-refractivity contribution < 1.29 is 14.4 Å². The van der Waals surface area contributed by atoms with Crippen molar-refractivity contribution in [3.63, 3.8) is 0 Å². The SMILES string of the molecule is Cc1ccc(C(=O)CCC(=O)CCC(=O)Nc2ccccc2CN(C)C2CCCCC2)s1. The first-order chi connectivity index (χ1) is 15.4. The normalized spacial score (nSPS) is 14.5. The number of carbonyl (C=O) groups excluding carboxylic acids is 3. The van der Waals surface area contributed by atoms with Crippen LogP contribution in [0.25, 0.3) is 0 Å². The van der Waals surface area contributed by atoms with Crippen molar-refractivity contribution in [3.05, 3.63) is 51.7 Å². The van der Waals surface area contributed by atoms with E-state index >= 15 is 0 Å². The Labute approximate surface area is 195 Å². The van der Waals surface area contributed by atoms with Gasteiger partial charge in [0.05, 0.1) is 4.88 Å². The number of nitrogens with one attached hydrogen (secondary N) is 1. The van der Waals surface area contributed by atoms with E-state index in [1.807, 2.05) is 37.3 Å². The summed E-state index contributed by atoms with van der Waals surface area (Å²) >= 11 is 1.45. The number of nitrogens with zero attached hydrogens (tertiary/aromatic N) is 1. The number of rotatable bonds is 11. The van der Waals surface area contributed by atoms with E-state index in [0.29, 0.717) is 10.9 Å². The zero-order chi connectivity index (χ0) is 22.9. The molecule has 0 atom stereocenters. The largest absolute Gasteiger partial charge is 0.326 e. The second-order valence-electron chi connectivity index (χ2n) is 8.78. The molecule has 2 aromatic rings. The Morgan fingerprint density at radius 3 is 2.41 bits per heavy atom. The Kier molecular flexibility index (Phi) is 9.18. The van der Waals surface area contributed by atoms with Crippen molar-refractivity contribution >= 4 is 34.5 Å².